The lowest BCUT2D eigenvalue weighted by atomic mass is 9.84. The maximum absolute atomic E-state index is 13.3. The molecule has 1 saturated carbocycles. The van der Waals surface area contributed by atoms with Gasteiger partial charge in [0.25, 0.3) is 0 Å². The summed E-state index contributed by atoms with van der Waals surface area (Å²) in [6.45, 7) is 4.00. The Balaban J connectivity index is 1.48. The molecule has 0 heterocycles. The maximum atomic E-state index is 13.3. The predicted molar refractivity (Wildman–Crippen MR) is 173 cm³/mol. The molecule has 3 N–H and O–H groups in total. The summed E-state index contributed by atoms with van der Waals surface area (Å²) < 4.78 is 5.44. The molecule has 3 aromatic carbocycles. The van der Waals surface area contributed by atoms with Crippen molar-refractivity contribution in [3.63, 3.8) is 0 Å². The van der Waals surface area contributed by atoms with Crippen LogP contribution < -0.4 is 11.1 Å². The van der Waals surface area contributed by atoms with Crippen molar-refractivity contribution in [2.75, 3.05) is 5.75 Å². The van der Waals surface area contributed by atoms with Crippen molar-refractivity contribution >= 4 is 23.6 Å². The Hall–Kier alpha value is -3.09. The Morgan fingerprint density at radius 2 is 1.33 bits per heavy atom. The standard InChI is InChI=1S/C36H46N2O3S/c1-3-27(2)33(35(40)41-31-23-15-4-5-16-24-31)38-34(39)32(37)25-26-42-36(28-17-9-6-10-18-28,29-19-11-7-12-20-29)30-21-13-8-14-22-30/h6-14,17-22,27,31-33H,3-5,15-16,23-26,37H2,1-2H3,(H,38,39)/t27-,32-,33-/m0/s1. The molecule has 3 aromatic rings. The third-order valence-corrected chi connectivity index (χ3v) is 10.1. The number of ether oxygens (including phenoxy) is 1. The number of nitrogens with two attached hydrogens (primary N) is 1. The van der Waals surface area contributed by atoms with Crippen LogP contribution in [0, 0.1) is 5.92 Å². The molecule has 0 unspecified atom stereocenters. The topological polar surface area (TPSA) is 81.4 Å². The number of carbonyl (C=O) groups is 2. The molecular formula is C36H46N2O3S. The van der Waals surface area contributed by atoms with Crippen LogP contribution in [0.25, 0.3) is 0 Å². The largest absolute Gasteiger partial charge is 0.461 e. The second-order valence-electron chi connectivity index (χ2n) is 11.4. The second-order valence-corrected chi connectivity index (χ2v) is 12.8. The third-order valence-electron chi connectivity index (χ3n) is 8.47. The van der Waals surface area contributed by atoms with Crippen molar-refractivity contribution in [1.29, 1.82) is 0 Å². The monoisotopic (exact) mass is 586 g/mol. The van der Waals surface area contributed by atoms with Gasteiger partial charge in [-0.1, -0.05) is 124 Å². The van der Waals surface area contributed by atoms with Crippen LogP contribution in [0.5, 0.6) is 0 Å². The molecule has 0 aliphatic heterocycles. The Labute approximate surface area is 256 Å². The Kier molecular flexibility index (Phi) is 12.1. The van der Waals surface area contributed by atoms with Gasteiger partial charge in [0.05, 0.1) is 10.8 Å². The first-order valence-electron chi connectivity index (χ1n) is 15.5. The highest BCUT2D eigenvalue weighted by Gasteiger charge is 2.37. The summed E-state index contributed by atoms with van der Waals surface area (Å²) in [5.74, 6) is -0.0325. The van der Waals surface area contributed by atoms with Crippen LogP contribution in [-0.4, -0.2) is 35.8 Å². The number of hydrogen-bond acceptors (Lipinski definition) is 5. The molecule has 6 heteroatoms. The molecule has 0 aromatic heterocycles. The molecule has 224 valence electrons. The van der Waals surface area contributed by atoms with E-state index in [0.717, 1.165) is 32.1 Å². The molecule has 1 amide bonds. The first-order valence-corrected chi connectivity index (χ1v) is 16.5. The number of thioether (sulfide) groups is 1. The minimum atomic E-state index is -0.741. The van der Waals surface area contributed by atoms with E-state index in [1.165, 1.54) is 29.5 Å². The fourth-order valence-corrected chi connectivity index (χ4v) is 7.35. The van der Waals surface area contributed by atoms with Crippen molar-refractivity contribution in [3.8, 4) is 0 Å². The van der Waals surface area contributed by atoms with Gasteiger partial charge in [-0.05, 0) is 60.5 Å². The number of amides is 1. The molecule has 1 fully saturated rings. The zero-order valence-corrected chi connectivity index (χ0v) is 25.9. The van der Waals surface area contributed by atoms with Gasteiger partial charge in [0, 0.05) is 0 Å². The SMILES string of the molecule is CC[C@H](C)[C@H](NC(=O)[C@@H](N)CCSC(c1ccccc1)(c1ccccc1)c1ccccc1)C(=O)OC1CCCCCC1. The molecule has 42 heavy (non-hydrogen) atoms. The van der Waals surface area contributed by atoms with Gasteiger partial charge in [0.1, 0.15) is 12.1 Å². The molecule has 0 radical (unpaired) electrons. The highest BCUT2D eigenvalue weighted by Crippen LogP contribution is 2.48. The van der Waals surface area contributed by atoms with Gasteiger partial charge in [-0.25, -0.2) is 4.79 Å². The molecule has 0 spiro atoms. The van der Waals surface area contributed by atoms with E-state index in [4.69, 9.17) is 10.5 Å². The lowest BCUT2D eigenvalue weighted by Gasteiger charge is -2.36. The van der Waals surface area contributed by atoms with E-state index in [1.54, 1.807) is 11.8 Å². The van der Waals surface area contributed by atoms with Crippen LogP contribution in [0.1, 0.15) is 81.9 Å². The highest BCUT2D eigenvalue weighted by molar-refractivity contribution is 8.00. The number of benzene rings is 3. The summed E-state index contributed by atoms with van der Waals surface area (Å²) in [7, 11) is 0. The van der Waals surface area contributed by atoms with Crippen LogP contribution in [0.4, 0.5) is 0 Å². The molecule has 5 nitrogen and oxygen atoms in total. The first kappa shape index (κ1) is 31.8. The first-order chi connectivity index (χ1) is 20.5. The summed E-state index contributed by atoms with van der Waals surface area (Å²) in [6, 6.07) is 30.0. The quantitative estimate of drug-likeness (QED) is 0.126. The van der Waals surface area contributed by atoms with Gasteiger partial charge in [0.15, 0.2) is 0 Å². The Morgan fingerprint density at radius 3 is 1.79 bits per heavy atom. The van der Waals surface area contributed by atoms with Crippen molar-refractivity contribution in [1.82, 2.24) is 5.32 Å². The summed E-state index contributed by atoms with van der Waals surface area (Å²) in [6.07, 6.45) is 7.49. The average molecular weight is 587 g/mol. The highest BCUT2D eigenvalue weighted by atomic mass is 32.2. The smallest absolute Gasteiger partial charge is 0.329 e. The summed E-state index contributed by atoms with van der Waals surface area (Å²) >= 11 is 1.78. The van der Waals surface area contributed by atoms with E-state index in [9.17, 15) is 9.59 Å². The van der Waals surface area contributed by atoms with Crippen LogP contribution in [-0.2, 0) is 19.1 Å². The molecule has 1 aliphatic rings. The van der Waals surface area contributed by atoms with Gasteiger partial charge in [-0.3, -0.25) is 4.79 Å². The predicted octanol–water partition coefficient (Wildman–Crippen LogP) is 7.23. The normalized spacial score (nSPS) is 16.5. The fraction of sp³-hybridized carbons (Fsp3) is 0.444. The van der Waals surface area contributed by atoms with Crippen molar-refractivity contribution in [2.24, 2.45) is 11.7 Å². The fourth-order valence-electron chi connectivity index (χ4n) is 5.77. The minimum Gasteiger partial charge on any atom is -0.461 e. The molecule has 3 atom stereocenters. The zero-order valence-electron chi connectivity index (χ0n) is 25.0. The summed E-state index contributed by atoms with van der Waals surface area (Å²) in [4.78, 5) is 26.6. The van der Waals surface area contributed by atoms with Crippen LogP contribution >= 0.6 is 11.8 Å². The number of nitrogens with one attached hydrogen (secondary N) is 1. The lowest BCUT2D eigenvalue weighted by molar-refractivity contribution is -0.155. The van der Waals surface area contributed by atoms with Crippen molar-refractivity contribution in [3.05, 3.63) is 108 Å². The second kappa shape index (κ2) is 15.9. The molecule has 1 aliphatic carbocycles. The Bertz CT molecular complexity index is 1130. The number of hydrogen-bond donors (Lipinski definition) is 2. The average Bonchev–Trinajstić information content (AvgIpc) is 3.31. The van der Waals surface area contributed by atoms with Gasteiger partial charge in [0.2, 0.25) is 5.91 Å². The van der Waals surface area contributed by atoms with Crippen LogP contribution in [0.3, 0.4) is 0 Å². The van der Waals surface area contributed by atoms with Gasteiger partial charge >= 0.3 is 5.97 Å². The Morgan fingerprint density at radius 1 is 0.857 bits per heavy atom. The molecule has 0 bridgehead atoms. The minimum absolute atomic E-state index is 0.0457. The maximum Gasteiger partial charge on any atom is 0.329 e. The van der Waals surface area contributed by atoms with Crippen molar-refractivity contribution < 1.29 is 14.3 Å². The number of rotatable bonds is 13. The number of esters is 1. The zero-order chi connectivity index (χ0) is 29.8. The number of carbonyl (C=O) groups excluding carboxylic acids is 2. The van der Waals surface area contributed by atoms with E-state index in [2.05, 4.69) is 78.1 Å². The van der Waals surface area contributed by atoms with Gasteiger partial charge in [-0.15, -0.1) is 11.8 Å². The van der Waals surface area contributed by atoms with E-state index in [0.29, 0.717) is 12.2 Å². The van der Waals surface area contributed by atoms with Crippen LogP contribution in [0.2, 0.25) is 0 Å². The third kappa shape index (κ3) is 8.05. The van der Waals surface area contributed by atoms with Crippen molar-refractivity contribution in [2.45, 2.75) is 88.1 Å². The van der Waals surface area contributed by atoms with E-state index >= 15 is 0 Å². The van der Waals surface area contributed by atoms with Gasteiger partial charge in [-0.2, -0.15) is 0 Å². The van der Waals surface area contributed by atoms with E-state index in [-0.39, 0.29) is 23.9 Å². The summed E-state index contributed by atoms with van der Waals surface area (Å²) in [5, 5.41) is 2.97. The molecule has 0 saturated heterocycles. The lowest BCUT2D eigenvalue weighted by Crippen LogP contribution is -2.52. The molecule has 4 rings (SSSR count). The van der Waals surface area contributed by atoms with E-state index in [1.807, 2.05) is 32.0 Å². The van der Waals surface area contributed by atoms with Crippen LogP contribution in [0.15, 0.2) is 91.0 Å². The van der Waals surface area contributed by atoms with Gasteiger partial charge < -0.3 is 15.8 Å². The summed E-state index contributed by atoms with van der Waals surface area (Å²) in [5.41, 5.74) is 9.99. The van der Waals surface area contributed by atoms with E-state index < -0.39 is 16.8 Å². The molecular weight excluding hydrogens is 540 g/mol.